The maximum absolute atomic E-state index is 11.9. The van der Waals surface area contributed by atoms with E-state index in [0.29, 0.717) is 18.6 Å². The highest BCUT2D eigenvalue weighted by molar-refractivity contribution is 8.17. The lowest BCUT2D eigenvalue weighted by molar-refractivity contribution is -0.111. The number of carbonyl (C=O) groups is 2. The van der Waals surface area contributed by atoms with Gasteiger partial charge >= 0.3 is 7.82 Å². The predicted molar refractivity (Wildman–Crippen MR) is 91.2 cm³/mol. The standard InChI is InChI=1S/C13H25O6PS2/c1-5-7-12(14)21-10-11(22-13(15)8-6-2)9-19-20(16,17-3)18-4/h11H,5-10H2,1-4H3/t11-/m1/s1. The van der Waals surface area contributed by atoms with Crippen LogP contribution >= 0.6 is 31.3 Å². The zero-order valence-electron chi connectivity index (χ0n) is 13.5. The minimum absolute atomic E-state index is 0.0193. The molecule has 0 aliphatic heterocycles. The number of carbonyl (C=O) groups excluding carboxylic acids is 2. The fraction of sp³-hybridized carbons (Fsp3) is 0.846. The number of phosphoric ester groups is 1. The predicted octanol–water partition coefficient (Wildman–Crippen LogP) is 3.89. The van der Waals surface area contributed by atoms with E-state index in [4.69, 9.17) is 13.6 Å². The van der Waals surface area contributed by atoms with Crippen molar-refractivity contribution in [1.29, 1.82) is 0 Å². The first-order valence-corrected chi connectivity index (χ1v) is 10.4. The molecule has 0 aliphatic rings. The summed E-state index contributed by atoms with van der Waals surface area (Å²) in [6.07, 6.45) is 2.51. The maximum Gasteiger partial charge on any atom is 0.474 e. The molecule has 0 N–H and O–H groups in total. The Morgan fingerprint density at radius 3 is 2.09 bits per heavy atom. The maximum atomic E-state index is 11.9. The van der Waals surface area contributed by atoms with Gasteiger partial charge in [-0.05, 0) is 12.8 Å². The van der Waals surface area contributed by atoms with Gasteiger partial charge in [-0.3, -0.25) is 23.2 Å². The van der Waals surface area contributed by atoms with Crippen LogP contribution in [0.25, 0.3) is 0 Å². The third kappa shape index (κ3) is 10.0. The fourth-order valence-corrected chi connectivity index (χ4v) is 4.33. The summed E-state index contributed by atoms with van der Waals surface area (Å²) < 4.78 is 26.4. The van der Waals surface area contributed by atoms with Crippen molar-refractivity contribution in [2.45, 2.75) is 44.8 Å². The third-order valence-electron chi connectivity index (χ3n) is 2.50. The molecular formula is C13H25O6PS2. The molecule has 0 saturated carbocycles. The summed E-state index contributed by atoms with van der Waals surface area (Å²) in [7, 11) is -1.11. The van der Waals surface area contributed by atoms with Gasteiger partial charge in [0.05, 0.1) is 6.61 Å². The lowest BCUT2D eigenvalue weighted by Gasteiger charge is -2.18. The van der Waals surface area contributed by atoms with Crippen molar-refractivity contribution >= 4 is 41.6 Å². The second-order valence-electron chi connectivity index (χ2n) is 4.40. The molecule has 0 amide bonds. The van der Waals surface area contributed by atoms with Gasteiger partial charge < -0.3 is 0 Å². The number of rotatable bonds is 12. The van der Waals surface area contributed by atoms with Crippen molar-refractivity contribution in [2.24, 2.45) is 0 Å². The van der Waals surface area contributed by atoms with Gasteiger partial charge in [0, 0.05) is 38.1 Å². The molecule has 130 valence electrons. The summed E-state index contributed by atoms with van der Waals surface area (Å²) in [5.74, 6) is 0.423. The second kappa shape index (κ2) is 12.6. The van der Waals surface area contributed by atoms with Crippen molar-refractivity contribution in [3.8, 4) is 0 Å². The molecule has 6 nitrogen and oxygen atoms in total. The molecule has 0 aliphatic carbocycles. The highest BCUT2D eigenvalue weighted by atomic mass is 32.2. The summed E-state index contributed by atoms with van der Waals surface area (Å²) in [5, 5.41) is -0.162. The van der Waals surface area contributed by atoms with Crippen LogP contribution < -0.4 is 0 Å². The normalized spacial score (nSPS) is 13.1. The van der Waals surface area contributed by atoms with E-state index in [1.807, 2.05) is 13.8 Å². The van der Waals surface area contributed by atoms with E-state index in [9.17, 15) is 14.2 Å². The van der Waals surface area contributed by atoms with Crippen molar-refractivity contribution in [1.82, 2.24) is 0 Å². The number of hydrogen-bond acceptors (Lipinski definition) is 8. The molecule has 0 rings (SSSR count). The average molecular weight is 372 g/mol. The van der Waals surface area contributed by atoms with Crippen LogP contribution in [0, 0.1) is 0 Å². The molecule has 1 atom stereocenters. The first kappa shape index (κ1) is 22.1. The van der Waals surface area contributed by atoms with Crippen LogP contribution in [0.2, 0.25) is 0 Å². The molecule has 0 saturated heterocycles. The molecule has 0 aromatic carbocycles. The molecule has 0 spiro atoms. The Morgan fingerprint density at radius 1 is 1.05 bits per heavy atom. The summed E-state index contributed by atoms with van der Waals surface area (Å²) >= 11 is 2.29. The average Bonchev–Trinajstić information content (AvgIpc) is 2.50. The monoisotopic (exact) mass is 372 g/mol. The van der Waals surface area contributed by atoms with Gasteiger partial charge in [0.15, 0.2) is 10.2 Å². The van der Waals surface area contributed by atoms with Crippen LogP contribution in [0.15, 0.2) is 0 Å². The van der Waals surface area contributed by atoms with Crippen LogP contribution in [0.4, 0.5) is 0 Å². The molecule has 0 heterocycles. The Morgan fingerprint density at radius 2 is 1.59 bits per heavy atom. The Labute approximate surface area is 141 Å². The quantitative estimate of drug-likeness (QED) is 0.477. The van der Waals surface area contributed by atoms with Crippen molar-refractivity contribution < 1.29 is 27.7 Å². The van der Waals surface area contributed by atoms with E-state index in [1.54, 1.807) is 0 Å². The third-order valence-corrected chi connectivity index (χ3v) is 6.27. The summed E-state index contributed by atoms with van der Waals surface area (Å²) in [4.78, 5) is 23.4. The Hall–Kier alpha value is 0.150. The second-order valence-corrected chi connectivity index (χ2v) is 8.72. The molecule has 0 radical (unpaired) electrons. The highest BCUT2D eigenvalue weighted by Gasteiger charge is 2.26. The number of hydrogen-bond donors (Lipinski definition) is 0. The first-order valence-electron chi connectivity index (χ1n) is 7.11. The number of phosphoric acid groups is 1. The smallest absolute Gasteiger partial charge is 0.290 e. The minimum Gasteiger partial charge on any atom is -0.290 e. The van der Waals surface area contributed by atoms with Crippen molar-refractivity contribution in [2.75, 3.05) is 26.6 Å². The summed E-state index contributed by atoms with van der Waals surface area (Å²) in [6, 6.07) is 0. The SMILES string of the molecule is CCCC(=O)SC[C@@H](COP(=O)(OC)OC)SC(=O)CCC. The van der Waals surface area contributed by atoms with Gasteiger partial charge in [0.1, 0.15) is 0 Å². The topological polar surface area (TPSA) is 78.9 Å². The van der Waals surface area contributed by atoms with Gasteiger partial charge in [-0.25, -0.2) is 4.57 Å². The molecule has 9 heteroatoms. The van der Waals surface area contributed by atoms with Gasteiger partial charge in [-0.15, -0.1) is 0 Å². The molecule has 0 bridgehead atoms. The minimum atomic E-state index is -3.57. The summed E-state index contributed by atoms with van der Waals surface area (Å²) in [5.41, 5.74) is 0. The molecule has 0 unspecified atom stereocenters. The van der Waals surface area contributed by atoms with Crippen LogP contribution in [-0.4, -0.2) is 42.1 Å². The largest absolute Gasteiger partial charge is 0.474 e. The highest BCUT2D eigenvalue weighted by Crippen LogP contribution is 2.48. The summed E-state index contributed by atoms with van der Waals surface area (Å²) in [6.45, 7) is 3.88. The van der Waals surface area contributed by atoms with Crippen molar-refractivity contribution in [3.63, 3.8) is 0 Å². The Bertz CT molecular complexity index is 383. The van der Waals surface area contributed by atoms with Gasteiger partial charge in [-0.2, -0.15) is 0 Å². The zero-order valence-corrected chi connectivity index (χ0v) is 16.1. The van der Waals surface area contributed by atoms with Crippen LogP contribution in [0.1, 0.15) is 39.5 Å². The molecule has 0 fully saturated rings. The first-order chi connectivity index (χ1) is 10.4. The molecular weight excluding hydrogens is 347 g/mol. The van der Waals surface area contributed by atoms with E-state index in [2.05, 4.69) is 0 Å². The zero-order chi connectivity index (χ0) is 17.0. The van der Waals surface area contributed by atoms with Crippen LogP contribution in [-0.2, 0) is 27.7 Å². The van der Waals surface area contributed by atoms with E-state index in [0.717, 1.165) is 24.6 Å². The lowest BCUT2D eigenvalue weighted by atomic mass is 10.4. The van der Waals surface area contributed by atoms with E-state index in [1.165, 1.54) is 26.0 Å². The molecule has 0 aromatic rings. The Balaban J connectivity index is 4.54. The van der Waals surface area contributed by atoms with Gasteiger partial charge in [0.25, 0.3) is 0 Å². The van der Waals surface area contributed by atoms with Gasteiger partial charge in [-0.1, -0.05) is 37.4 Å². The van der Waals surface area contributed by atoms with E-state index < -0.39 is 7.82 Å². The van der Waals surface area contributed by atoms with Crippen molar-refractivity contribution in [3.05, 3.63) is 0 Å². The lowest BCUT2D eigenvalue weighted by Crippen LogP contribution is -2.18. The fourth-order valence-electron chi connectivity index (χ4n) is 1.38. The van der Waals surface area contributed by atoms with E-state index in [-0.39, 0.29) is 22.1 Å². The van der Waals surface area contributed by atoms with Gasteiger partial charge in [0.2, 0.25) is 0 Å². The Kier molecular flexibility index (Phi) is 12.6. The van der Waals surface area contributed by atoms with E-state index >= 15 is 0 Å². The van der Waals surface area contributed by atoms with Crippen LogP contribution in [0.5, 0.6) is 0 Å². The molecule has 22 heavy (non-hydrogen) atoms. The molecule has 0 aromatic heterocycles. The van der Waals surface area contributed by atoms with Crippen LogP contribution in [0.3, 0.4) is 0 Å². The number of thioether (sulfide) groups is 2.